The molecule has 0 saturated heterocycles. The van der Waals surface area contributed by atoms with Crippen LogP contribution in [0.1, 0.15) is 6.42 Å². The molecule has 2 nitrogen and oxygen atoms in total. The molecule has 0 aliphatic heterocycles. The summed E-state index contributed by atoms with van der Waals surface area (Å²) in [7, 11) is 0. The fraction of sp³-hybridized carbons (Fsp3) is 0.400. The zero-order valence-electron chi connectivity index (χ0n) is 7.63. The van der Waals surface area contributed by atoms with Gasteiger partial charge < -0.3 is 10.6 Å². The van der Waals surface area contributed by atoms with Gasteiger partial charge in [0.25, 0.3) is 0 Å². The van der Waals surface area contributed by atoms with Gasteiger partial charge >= 0.3 is 0 Å². The van der Waals surface area contributed by atoms with Gasteiger partial charge in [-0.25, -0.2) is 0 Å². The maximum absolute atomic E-state index is 5.42. The average molecular weight is 166 g/mol. The van der Waals surface area contributed by atoms with E-state index in [1.54, 1.807) is 0 Å². The highest BCUT2D eigenvalue weighted by molar-refractivity contribution is 4.99. The lowest BCUT2D eigenvalue weighted by Gasteiger charge is -2.23. The first-order chi connectivity index (χ1) is 5.76. The molecule has 0 bridgehead atoms. The molecule has 0 radical (unpaired) electrons. The monoisotopic (exact) mass is 166 g/mol. The highest BCUT2D eigenvalue weighted by atomic mass is 15.1. The van der Waals surface area contributed by atoms with E-state index in [1.807, 2.05) is 12.2 Å². The maximum atomic E-state index is 5.42. The third-order valence-electron chi connectivity index (χ3n) is 1.58. The van der Waals surface area contributed by atoms with E-state index in [4.69, 9.17) is 5.73 Å². The fourth-order valence-corrected chi connectivity index (χ4v) is 0.969. The lowest BCUT2D eigenvalue weighted by Crippen LogP contribution is -2.24. The number of hydrogen-bond donors (Lipinski definition) is 1. The Morgan fingerprint density at radius 1 is 1.25 bits per heavy atom. The Kier molecular flexibility index (Phi) is 6.11. The predicted molar refractivity (Wildman–Crippen MR) is 54.8 cm³/mol. The molecule has 0 rings (SSSR count). The van der Waals surface area contributed by atoms with Crippen molar-refractivity contribution < 1.29 is 0 Å². The van der Waals surface area contributed by atoms with Crippen molar-refractivity contribution in [2.24, 2.45) is 5.73 Å². The first kappa shape index (κ1) is 11.0. The van der Waals surface area contributed by atoms with Crippen LogP contribution in [0.25, 0.3) is 0 Å². The molecule has 2 heteroatoms. The molecule has 0 atom stereocenters. The van der Waals surface area contributed by atoms with E-state index in [1.165, 1.54) is 0 Å². The van der Waals surface area contributed by atoms with Crippen LogP contribution in [-0.4, -0.2) is 24.5 Å². The molecule has 0 spiro atoms. The van der Waals surface area contributed by atoms with Crippen molar-refractivity contribution in [1.82, 2.24) is 4.90 Å². The molecular weight excluding hydrogens is 148 g/mol. The van der Waals surface area contributed by atoms with Gasteiger partial charge in [0.2, 0.25) is 0 Å². The van der Waals surface area contributed by atoms with E-state index in [0.29, 0.717) is 6.54 Å². The highest BCUT2D eigenvalue weighted by Crippen LogP contribution is 2.04. The fourth-order valence-electron chi connectivity index (χ4n) is 0.969. The molecule has 0 aliphatic carbocycles. The Balaban J connectivity index is 3.97. The normalized spacial score (nSPS) is 9.08. The minimum Gasteiger partial charge on any atom is -0.368 e. The summed E-state index contributed by atoms with van der Waals surface area (Å²) in [6, 6.07) is 0. The molecule has 0 aromatic rings. The molecule has 0 amide bonds. The first-order valence-electron chi connectivity index (χ1n) is 4.10. The van der Waals surface area contributed by atoms with Crippen molar-refractivity contribution in [3.8, 4) is 0 Å². The highest BCUT2D eigenvalue weighted by Gasteiger charge is 2.01. The van der Waals surface area contributed by atoms with Crippen LogP contribution in [0.5, 0.6) is 0 Å². The molecule has 0 fully saturated rings. The van der Waals surface area contributed by atoms with Gasteiger partial charge in [-0.05, 0) is 13.0 Å². The standard InChI is InChI=1S/C10H18N2/c1-4-8-12(9-5-2)10(3)6-7-11/h4-5H,1-3,6-9,11H2. The van der Waals surface area contributed by atoms with Crippen LogP contribution < -0.4 is 5.73 Å². The molecule has 0 aromatic heterocycles. The Hall–Kier alpha value is -1.02. The van der Waals surface area contributed by atoms with E-state index in [9.17, 15) is 0 Å². The minimum atomic E-state index is 0.642. The van der Waals surface area contributed by atoms with E-state index < -0.39 is 0 Å². The maximum Gasteiger partial charge on any atom is 0.0357 e. The van der Waals surface area contributed by atoms with Gasteiger partial charge in [0, 0.05) is 18.8 Å². The van der Waals surface area contributed by atoms with Gasteiger partial charge in [0.1, 0.15) is 0 Å². The van der Waals surface area contributed by atoms with E-state index >= 15 is 0 Å². The van der Waals surface area contributed by atoms with Crippen LogP contribution in [0.2, 0.25) is 0 Å². The van der Waals surface area contributed by atoms with Crippen molar-refractivity contribution in [2.45, 2.75) is 6.42 Å². The number of nitrogens with two attached hydrogens (primary N) is 1. The van der Waals surface area contributed by atoms with E-state index in [0.717, 1.165) is 25.2 Å². The summed E-state index contributed by atoms with van der Waals surface area (Å²) in [5.74, 6) is 0. The zero-order chi connectivity index (χ0) is 9.40. The van der Waals surface area contributed by atoms with Crippen molar-refractivity contribution in [3.63, 3.8) is 0 Å². The summed E-state index contributed by atoms with van der Waals surface area (Å²) in [6.45, 7) is 13.5. The van der Waals surface area contributed by atoms with Crippen molar-refractivity contribution in [2.75, 3.05) is 19.6 Å². The number of nitrogens with zero attached hydrogens (tertiary/aromatic N) is 1. The van der Waals surface area contributed by atoms with Gasteiger partial charge in [-0.2, -0.15) is 0 Å². The van der Waals surface area contributed by atoms with Crippen molar-refractivity contribution in [3.05, 3.63) is 37.6 Å². The molecule has 0 aliphatic rings. The molecule has 2 N–H and O–H groups in total. The van der Waals surface area contributed by atoms with Gasteiger partial charge in [-0.15, -0.1) is 13.2 Å². The van der Waals surface area contributed by atoms with Crippen LogP contribution >= 0.6 is 0 Å². The Morgan fingerprint density at radius 2 is 1.75 bits per heavy atom. The largest absolute Gasteiger partial charge is 0.368 e. The second-order valence-corrected chi connectivity index (χ2v) is 2.59. The molecule has 0 saturated carbocycles. The number of rotatable bonds is 7. The predicted octanol–water partition coefficient (Wildman–Crippen LogP) is 1.52. The van der Waals surface area contributed by atoms with E-state index in [-0.39, 0.29) is 0 Å². The summed E-state index contributed by atoms with van der Waals surface area (Å²) in [5, 5.41) is 0. The molecule has 0 heterocycles. The van der Waals surface area contributed by atoms with Gasteiger partial charge in [0.15, 0.2) is 0 Å². The van der Waals surface area contributed by atoms with Crippen LogP contribution in [0.3, 0.4) is 0 Å². The summed E-state index contributed by atoms with van der Waals surface area (Å²) in [4.78, 5) is 2.10. The summed E-state index contributed by atoms with van der Waals surface area (Å²) >= 11 is 0. The van der Waals surface area contributed by atoms with E-state index in [2.05, 4.69) is 24.6 Å². The minimum absolute atomic E-state index is 0.642. The van der Waals surface area contributed by atoms with Crippen LogP contribution in [0, 0.1) is 0 Å². The van der Waals surface area contributed by atoms with Crippen molar-refractivity contribution >= 4 is 0 Å². The van der Waals surface area contributed by atoms with Gasteiger partial charge in [-0.1, -0.05) is 18.7 Å². The quantitative estimate of drug-likeness (QED) is 0.581. The lowest BCUT2D eigenvalue weighted by molar-refractivity contribution is 0.408. The molecule has 12 heavy (non-hydrogen) atoms. The van der Waals surface area contributed by atoms with Gasteiger partial charge in [-0.3, -0.25) is 0 Å². The number of hydrogen-bond acceptors (Lipinski definition) is 2. The van der Waals surface area contributed by atoms with Gasteiger partial charge in [0.05, 0.1) is 0 Å². The summed E-state index contributed by atoms with van der Waals surface area (Å²) in [5.41, 5.74) is 6.47. The SMILES string of the molecule is C=CCN(CC=C)C(=C)CCN. The summed E-state index contributed by atoms with van der Waals surface area (Å²) < 4.78 is 0. The van der Waals surface area contributed by atoms with Crippen molar-refractivity contribution in [1.29, 1.82) is 0 Å². The van der Waals surface area contributed by atoms with Crippen LogP contribution in [-0.2, 0) is 0 Å². The Labute approximate surface area is 75.1 Å². The topological polar surface area (TPSA) is 29.3 Å². The van der Waals surface area contributed by atoms with Crippen LogP contribution in [0.15, 0.2) is 37.6 Å². The summed E-state index contributed by atoms with van der Waals surface area (Å²) in [6.07, 6.45) is 4.54. The zero-order valence-corrected chi connectivity index (χ0v) is 7.63. The lowest BCUT2D eigenvalue weighted by atomic mass is 10.3. The molecule has 68 valence electrons. The average Bonchev–Trinajstić information content (AvgIpc) is 2.04. The third-order valence-corrected chi connectivity index (χ3v) is 1.58. The molecule has 0 unspecified atom stereocenters. The smallest absolute Gasteiger partial charge is 0.0357 e. The Bertz CT molecular complexity index is 151. The first-order valence-corrected chi connectivity index (χ1v) is 4.10. The third kappa shape index (κ3) is 3.98. The molecular formula is C10H18N2. The Morgan fingerprint density at radius 3 is 2.08 bits per heavy atom. The second kappa shape index (κ2) is 6.68. The molecule has 0 aromatic carbocycles. The second-order valence-electron chi connectivity index (χ2n) is 2.59. The van der Waals surface area contributed by atoms with Crippen LogP contribution in [0.4, 0.5) is 0 Å².